The van der Waals surface area contributed by atoms with E-state index in [-0.39, 0.29) is 24.4 Å². The molecule has 4 heteroatoms. The summed E-state index contributed by atoms with van der Waals surface area (Å²) < 4.78 is 18.3. The Balaban J connectivity index is 2.22. The number of hydrogen-bond donors (Lipinski definition) is 1. The molecule has 0 spiro atoms. The van der Waals surface area contributed by atoms with Crippen molar-refractivity contribution in [2.75, 3.05) is 13.2 Å². The number of ether oxygens (including phenoxy) is 1. The normalized spacial score (nSPS) is 21.8. The number of morpholine rings is 1. The van der Waals surface area contributed by atoms with Crippen LogP contribution in [0.2, 0.25) is 0 Å². The molecule has 14 heavy (non-hydrogen) atoms. The van der Waals surface area contributed by atoms with Gasteiger partial charge in [-0.15, -0.1) is 0 Å². The van der Waals surface area contributed by atoms with Gasteiger partial charge in [0.2, 0.25) is 5.91 Å². The number of nitrogens with one attached hydrogen (secondary N) is 1. The SMILES string of the molecule is O=C1COCC(c2ccccc2F)N1. The number of rotatable bonds is 1. The average molecular weight is 195 g/mol. The maximum absolute atomic E-state index is 13.3. The van der Waals surface area contributed by atoms with Crippen LogP contribution in [-0.4, -0.2) is 19.1 Å². The molecule has 1 heterocycles. The summed E-state index contributed by atoms with van der Waals surface area (Å²) in [6, 6.07) is 6.01. The van der Waals surface area contributed by atoms with Gasteiger partial charge in [-0.25, -0.2) is 4.39 Å². The third kappa shape index (κ3) is 1.75. The summed E-state index contributed by atoms with van der Waals surface area (Å²) in [5.41, 5.74) is 0.473. The minimum Gasteiger partial charge on any atom is -0.369 e. The first kappa shape index (κ1) is 9.15. The van der Waals surface area contributed by atoms with E-state index < -0.39 is 0 Å². The fourth-order valence-corrected chi connectivity index (χ4v) is 1.47. The van der Waals surface area contributed by atoms with Gasteiger partial charge in [-0.3, -0.25) is 4.79 Å². The van der Waals surface area contributed by atoms with E-state index in [2.05, 4.69) is 5.32 Å². The van der Waals surface area contributed by atoms with E-state index in [9.17, 15) is 9.18 Å². The van der Waals surface area contributed by atoms with Crippen LogP contribution < -0.4 is 5.32 Å². The van der Waals surface area contributed by atoms with Gasteiger partial charge in [0.05, 0.1) is 12.6 Å². The molecule has 1 unspecified atom stereocenters. The Kier molecular flexibility index (Phi) is 2.45. The molecule has 1 amide bonds. The first-order chi connectivity index (χ1) is 6.77. The highest BCUT2D eigenvalue weighted by Gasteiger charge is 2.22. The number of hydrogen-bond acceptors (Lipinski definition) is 2. The first-order valence-electron chi connectivity index (χ1n) is 4.39. The summed E-state index contributed by atoms with van der Waals surface area (Å²) in [6.45, 7) is 0.387. The molecule has 3 nitrogen and oxygen atoms in total. The molecule has 1 N–H and O–H groups in total. The van der Waals surface area contributed by atoms with Crippen molar-refractivity contribution in [2.45, 2.75) is 6.04 Å². The molecule has 2 rings (SSSR count). The largest absolute Gasteiger partial charge is 0.369 e. The summed E-state index contributed by atoms with van der Waals surface area (Å²) in [5.74, 6) is -0.521. The van der Waals surface area contributed by atoms with Crippen molar-refractivity contribution in [3.8, 4) is 0 Å². The predicted molar refractivity (Wildman–Crippen MR) is 48.1 cm³/mol. The van der Waals surface area contributed by atoms with Gasteiger partial charge in [-0.2, -0.15) is 0 Å². The number of carbonyl (C=O) groups excluding carboxylic acids is 1. The van der Waals surface area contributed by atoms with E-state index >= 15 is 0 Å². The van der Waals surface area contributed by atoms with Crippen molar-refractivity contribution in [3.05, 3.63) is 35.6 Å². The molecule has 74 valence electrons. The summed E-state index contributed by atoms with van der Waals surface area (Å²) in [6.07, 6.45) is 0. The molecule has 1 fully saturated rings. The zero-order chi connectivity index (χ0) is 9.97. The minimum absolute atomic E-state index is 0.0605. The Labute approximate surface area is 80.9 Å². The molecular weight excluding hydrogens is 185 g/mol. The third-order valence-corrected chi connectivity index (χ3v) is 2.13. The van der Waals surface area contributed by atoms with Gasteiger partial charge in [0.15, 0.2) is 0 Å². The molecule has 1 aromatic rings. The lowest BCUT2D eigenvalue weighted by atomic mass is 10.1. The number of halogens is 1. The van der Waals surface area contributed by atoms with E-state index in [0.29, 0.717) is 12.2 Å². The van der Waals surface area contributed by atoms with Crippen molar-refractivity contribution in [2.24, 2.45) is 0 Å². The van der Waals surface area contributed by atoms with Crippen molar-refractivity contribution in [1.29, 1.82) is 0 Å². The molecule has 0 saturated carbocycles. The molecule has 1 aliphatic rings. The molecule has 0 aliphatic carbocycles. The van der Waals surface area contributed by atoms with Gasteiger partial charge in [0.1, 0.15) is 12.4 Å². The summed E-state index contributed by atoms with van der Waals surface area (Å²) in [5, 5.41) is 2.67. The Morgan fingerprint density at radius 1 is 1.43 bits per heavy atom. The van der Waals surface area contributed by atoms with Gasteiger partial charge < -0.3 is 10.1 Å². The van der Waals surface area contributed by atoms with E-state index in [1.54, 1.807) is 18.2 Å². The molecule has 1 aliphatic heterocycles. The standard InChI is InChI=1S/C10H10FNO2/c11-8-4-2-1-3-7(8)9-5-14-6-10(13)12-9/h1-4,9H,5-6H2,(H,12,13). The fraction of sp³-hybridized carbons (Fsp3) is 0.300. The molecular formula is C10H10FNO2. The van der Waals surface area contributed by atoms with Crippen LogP contribution in [0.25, 0.3) is 0 Å². The minimum atomic E-state index is -0.363. The first-order valence-corrected chi connectivity index (χ1v) is 4.39. The van der Waals surface area contributed by atoms with Crippen molar-refractivity contribution < 1.29 is 13.9 Å². The Bertz CT molecular complexity index is 354. The van der Waals surface area contributed by atoms with Crippen LogP contribution in [0.3, 0.4) is 0 Å². The highest BCUT2D eigenvalue weighted by Crippen LogP contribution is 2.18. The lowest BCUT2D eigenvalue weighted by Gasteiger charge is -2.23. The van der Waals surface area contributed by atoms with E-state index in [0.717, 1.165) is 0 Å². The van der Waals surface area contributed by atoms with E-state index in [1.807, 2.05) is 0 Å². The zero-order valence-electron chi connectivity index (χ0n) is 7.50. The van der Waals surface area contributed by atoms with Crippen molar-refractivity contribution >= 4 is 5.91 Å². The second kappa shape index (κ2) is 3.75. The molecule has 0 bridgehead atoms. The number of benzene rings is 1. The molecule has 1 saturated heterocycles. The van der Waals surface area contributed by atoms with Gasteiger partial charge in [-0.1, -0.05) is 18.2 Å². The second-order valence-corrected chi connectivity index (χ2v) is 3.16. The van der Waals surface area contributed by atoms with Gasteiger partial charge >= 0.3 is 0 Å². The number of amides is 1. The molecule has 1 atom stereocenters. The van der Waals surface area contributed by atoms with Crippen LogP contribution in [0.5, 0.6) is 0 Å². The van der Waals surface area contributed by atoms with Crippen LogP contribution >= 0.6 is 0 Å². The maximum Gasteiger partial charge on any atom is 0.246 e. The number of carbonyl (C=O) groups is 1. The fourth-order valence-electron chi connectivity index (χ4n) is 1.47. The van der Waals surface area contributed by atoms with Gasteiger partial charge in [0.25, 0.3) is 0 Å². The third-order valence-electron chi connectivity index (χ3n) is 2.13. The Morgan fingerprint density at radius 3 is 2.93 bits per heavy atom. The summed E-state index contributed by atoms with van der Waals surface area (Å²) in [4.78, 5) is 11.0. The van der Waals surface area contributed by atoms with Crippen molar-refractivity contribution in [1.82, 2.24) is 5.32 Å². The quantitative estimate of drug-likeness (QED) is 0.726. The lowest BCUT2D eigenvalue weighted by Crippen LogP contribution is -2.40. The van der Waals surface area contributed by atoms with Crippen LogP contribution in [-0.2, 0) is 9.53 Å². The van der Waals surface area contributed by atoms with Gasteiger partial charge in [-0.05, 0) is 6.07 Å². The van der Waals surface area contributed by atoms with Crippen LogP contribution in [0.1, 0.15) is 11.6 Å². The van der Waals surface area contributed by atoms with Crippen LogP contribution in [0.15, 0.2) is 24.3 Å². The maximum atomic E-state index is 13.3. The van der Waals surface area contributed by atoms with Gasteiger partial charge in [0, 0.05) is 5.56 Å². The smallest absolute Gasteiger partial charge is 0.246 e. The highest BCUT2D eigenvalue weighted by atomic mass is 19.1. The highest BCUT2D eigenvalue weighted by molar-refractivity contribution is 5.78. The van der Waals surface area contributed by atoms with E-state index in [4.69, 9.17) is 4.74 Å². The van der Waals surface area contributed by atoms with E-state index in [1.165, 1.54) is 6.07 Å². The average Bonchev–Trinajstić information content (AvgIpc) is 2.18. The Morgan fingerprint density at radius 2 is 2.21 bits per heavy atom. The summed E-state index contributed by atoms with van der Waals surface area (Å²) in [7, 11) is 0. The predicted octanol–water partition coefficient (Wildman–Crippen LogP) is 1.01. The molecule has 0 radical (unpaired) electrons. The Hall–Kier alpha value is -1.42. The monoisotopic (exact) mass is 195 g/mol. The molecule has 1 aromatic carbocycles. The molecule has 0 aromatic heterocycles. The van der Waals surface area contributed by atoms with Crippen molar-refractivity contribution in [3.63, 3.8) is 0 Å². The van der Waals surface area contributed by atoms with Crippen LogP contribution in [0.4, 0.5) is 4.39 Å². The second-order valence-electron chi connectivity index (χ2n) is 3.16. The lowest BCUT2D eigenvalue weighted by molar-refractivity contribution is -0.131. The van der Waals surface area contributed by atoms with Crippen LogP contribution in [0, 0.1) is 5.82 Å². The summed E-state index contributed by atoms with van der Waals surface area (Å²) >= 11 is 0. The topological polar surface area (TPSA) is 38.3 Å². The zero-order valence-corrected chi connectivity index (χ0v) is 7.50.